The van der Waals surface area contributed by atoms with E-state index in [2.05, 4.69) is 5.32 Å². The Balaban J connectivity index is 2.73. The molecule has 1 aromatic carbocycles. The van der Waals surface area contributed by atoms with Gasteiger partial charge in [-0.1, -0.05) is 6.92 Å². The number of halogens is 3. The predicted molar refractivity (Wildman–Crippen MR) is 66.2 cm³/mol. The summed E-state index contributed by atoms with van der Waals surface area (Å²) >= 11 is 1.64. The van der Waals surface area contributed by atoms with Crippen LogP contribution in [0.1, 0.15) is 24.2 Å². The average molecular weight is 277 g/mol. The fourth-order valence-electron chi connectivity index (χ4n) is 1.33. The highest BCUT2D eigenvalue weighted by Crippen LogP contribution is 2.13. The Morgan fingerprint density at radius 3 is 2.39 bits per heavy atom. The van der Waals surface area contributed by atoms with E-state index in [1.165, 1.54) is 0 Å². The molecular formula is C12H14F3NOS. The van der Waals surface area contributed by atoms with E-state index in [-0.39, 0.29) is 11.6 Å². The second kappa shape index (κ2) is 6.68. The third-order valence-electron chi connectivity index (χ3n) is 2.20. The highest BCUT2D eigenvalue weighted by molar-refractivity contribution is 7.99. The molecule has 6 heteroatoms. The minimum absolute atomic E-state index is 0.126. The number of amides is 1. The van der Waals surface area contributed by atoms with Crippen LogP contribution >= 0.6 is 11.8 Å². The fraction of sp³-hybridized carbons (Fsp3) is 0.417. The predicted octanol–water partition coefficient (Wildman–Crippen LogP) is 2.98. The highest BCUT2D eigenvalue weighted by Gasteiger charge is 2.16. The zero-order valence-electron chi connectivity index (χ0n) is 10.1. The Hall–Kier alpha value is -1.17. The summed E-state index contributed by atoms with van der Waals surface area (Å²) < 4.78 is 38.6. The van der Waals surface area contributed by atoms with Crippen molar-refractivity contribution >= 4 is 17.7 Å². The van der Waals surface area contributed by atoms with Gasteiger partial charge in [0.2, 0.25) is 0 Å². The first-order valence-corrected chi connectivity index (χ1v) is 6.64. The van der Waals surface area contributed by atoms with Crippen LogP contribution in [0, 0.1) is 17.5 Å². The number of carbonyl (C=O) groups is 1. The van der Waals surface area contributed by atoms with Crippen LogP contribution in [0.5, 0.6) is 0 Å². The van der Waals surface area contributed by atoms with Gasteiger partial charge in [-0.15, -0.1) is 0 Å². The third-order valence-corrected chi connectivity index (χ3v) is 3.34. The molecule has 0 saturated carbocycles. The van der Waals surface area contributed by atoms with Gasteiger partial charge in [-0.25, -0.2) is 13.2 Å². The molecule has 0 saturated heterocycles. The molecule has 1 unspecified atom stereocenters. The molecule has 1 rings (SSSR count). The van der Waals surface area contributed by atoms with Crippen LogP contribution < -0.4 is 5.32 Å². The summed E-state index contributed by atoms with van der Waals surface area (Å²) in [7, 11) is 0. The van der Waals surface area contributed by atoms with Gasteiger partial charge >= 0.3 is 0 Å². The summed E-state index contributed by atoms with van der Waals surface area (Å²) in [6.07, 6.45) is 0. The third kappa shape index (κ3) is 3.94. The van der Waals surface area contributed by atoms with Gasteiger partial charge in [0, 0.05) is 17.4 Å². The van der Waals surface area contributed by atoms with Crippen LogP contribution in [-0.2, 0) is 0 Å². The van der Waals surface area contributed by atoms with Crippen molar-refractivity contribution in [2.45, 2.75) is 19.9 Å². The lowest BCUT2D eigenvalue weighted by atomic mass is 10.2. The lowest BCUT2D eigenvalue weighted by molar-refractivity contribution is 0.0942. The van der Waals surface area contributed by atoms with E-state index in [1.54, 1.807) is 18.7 Å². The van der Waals surface area contributed by atoms with Crippen molar-refractivity contribution in [3.8, 4) is 0 Å². The number of rotatable bonds is 5. The Kier molecular flexibility index (Phi) is 5.53. The van der Waals surface area contributed by atoms with Gasteiger partial charge in [-0.2, -0.15) is 11.8 Å². The summed E-state index contributed by atoms with van der Waals surface area (Å²) in [5.41, 5.74) is -0.222. The highest BCUT2D eigenvalue weighted by atomic mass is 32.2. The molecule has 0 heterocycles. The smallest absolute Gasteiger partial charge is 0.251 e. The Labute approximate surface area is 108 Å². The van der Waals surface area contributed by atoms with E-state index in [1.807, 2.05) is 6.92 Å². The van der Waals surface area contributed by atoms with E-state index < -0.39 is 23.4 Å². The van der Waals surface area contributed by atoms with Gasteiger partial charge in [-0.3, -0.25) is 4.79 Å². The summed E-state index contributed by atoms with van der Waals surface area (Å²) in [4.78, 5) is 11.7. The Morgan fingerprint density at radius 1 is 1.33 bits per heavy atom. The maximum absolute atomic E-state index is 12.9. The van der Waals surface area contributed by atoms with Gasteiger partial charge in [-0.05, 0) is 24.8 Å². The SMILES string of the molecule is CCSCC(C)NC(=O)c1cc(F)c(F)c(F)c1. The van der Waals surface area contributed by atoms with Crippen molar-refractivity contribution in [2.75, 3.05) is 11.5 Å². The molecule has 1 N–H and O–H groups in total. The van der Waals surface area contributed by atoms with Crippen molar-refractivity contribution in [3.05, 3.63) is 35.1 Å². The van der Waals surface area contributed by atoms with Crippen LogP contribution in [0.2, 0.25) is 0 Å². The minimum atomic E-state index is -1.57. The van der Waals surface area contributed by atoms with Crippen LogP contribution in [0.3, 0.4) is 0 Å². The second-order valence-electron chi connectivity index (χ2n) is 3.79. The van der Waals surface area contributed by atoms with Crippen LogP contribution in [0.15, 0.2) is 12.1 Å². The standard InChI is InChI=1S/C12H14F3NOS/c1-3-18-6-7(2)16-12(17)8-4-9(13)11(15)10(14)5-8/h4-5,7H,3,6H2,1-2H3,(H,16,17). The summed E-state index contributed by atoms with van der Waals surface area (Å²) in [5.74, 6) is -3.29. The first-order valence-electron chi connectivity index (χ1n) is 5.48. The topological polar surface area (TPSA) is 29.1 Å². The molecule has 0 spiro atoms. The number of thioether (sulfide) groups is 1. The van der Waals surface area contributed by atoms with Crippen LogP contribution in [0.25, 0.3) is 0 Å². The average Bonchev–Trinajstić information content (AvgIpc) is 2.32. The molecule has 0 aliphatic rings. The molecule has 1 aromatic rings. The lowest BCUT2D eigenvalue weighted by Crippen LogP contribution is -2.34. The molecule has 18 heavy (non-hydrogen) atoms. The summed E-state index contributed by atoms with van der Waals surface area (Å²) in [5, 5.41) is 2.59. The molecule has 1 atom stereocenters. The molecular weight excluding hydrogens is 263 g/mol. The maximum Gasteiger partial charge on any atom is 0.251 e. The first kappa shape index (κ1) is 14.9. The number of benzene rings is 1. The maximum atomic E-state index is 12.9. The first-order chi connectivity index (χ1) is 8.45. The normalized spacial score (nSPS) is 12.3. The molecule has 1 amide bonds. The van der Waals surface area contributed by atoms with Gasteiger partial charge < -0.3 is 5.32 Å². The molecule has 0 aliphatic carbocycles. The zero-order chi connectivity index (χ0) is 13.7. The van der Waals surface area contributed by atoms with Gasteiger partial charge in [0.05, 0.1) is 0 Å². The lowest BCUT2D eigenvalue weighted by Gasteiger charge is -2.13. The van der Waals surface area contributed by atoms with Gasteiger partial charge in [0.1, 0.15) is 0 Å². The zero-order valence-corrected chi connectivity index (χ0v) is 10.9. The van der Waals surface area contributed by atoms with E-state index in [0.717, 1.165) is 5.75 Å². The molecule has 0 radical (unpaired) electrons. The number of carbonyl (C=O) groups excluding carboxylic acids is 1. The van der Waals surface area contributed by atoms with Crippen molar-refractivity contribution in [2.24, 2.45) is 0 Å². The van der Waals surface area contributed by atoms with Crippen LogP contribution in [0.4, 0.5) is 13.2 Å². The van der Waals surface area contributed by atoms with Gasteiger partial charge in [0.25, 0.3) is 5.91 Å². The van der Waals surface area contributed by atoms with Gasteiger partial charge in [0.15, 0.2) is 17.5 Å². The second-order valence-corrected chi connectivity index (χ2v) is 5.11. The fourth-order valence-corrected chi connectivity index (χ4v) is 2.00. The number of nitrogens with one attached hydrogen (secondary N) is 1. The quantitative estimate of drug-likeness (QED) is 0.838. The molecule has 2 nitrogen and oxygen atoms in total. The van der Waals surface area contributed by atoms with E-state index in [4.69, 9.17) is 0 Å². The van der Waals surface area contributed by atoms with Crippen LogP contribution in [-0.4, -0.2) is 23.5 Å². The molecule has 0 aromatic heterocycles. The van der Waals surface area contributed by atoms with E-state index in [0.29, 0.717) is 17.9 Å². The summed E-state index contributed by atoms with van der Waals surface area (Å²) in [6.45, 7) is 3.78. The molecule has 0 fully saturated rings. The molecule has 100 valence electrons. The van der Waals surface area contributed by atoms with E-state index in [9.17, 15) is 18.0 Å². The Bertz CT molecular complexity index is 416. The summed E-state index contributed by atoms with van der Waals surface area (Å²) in [6, 6.07) is 1.25. The van der Waals surface area contributed by atoms with Crippen molar-refractivity contribution in [1.29, 1.82) is 0 Å². The Morgan fingerprint density at radius 2 is 1.89 bits per heavy atom. The largest absolute Gasteiger partial charge is 0.349 e. The van der Waals surface area contributed by atoms with Crippen molar-refractivity contribution in [3.63, 3.8) is 0 Å². The van der Waals surface area contributed by atoms with Crippen molar-refractivity contribution in [1.82, 2.24) is 5.32 Å². The molecule has 0 bridgehead atoms. The van der Waals surface area contributed by atoms with Crippen molar-refractivity contribution < 1.29 is 18.0 Å². The monoisotopic (exact) mass is 277 g/mol. The van der Waals surface area contributed by atoms with E-state index >= 15 is 0 Å². The minimum Gasteiger partial charge on any atom is -0.349 e. The number of hydrogen-bond acceptors (Lipinski definition) is 2. The number of hydrogen-bond donors (Lipinski definition) is 1. The molecule has 0 aliphatic heterocycles.